The van der Waals surface area contributed by atoms with Crippen molar-refractivity contribution in [3.63, 3.8) is 0 Å². The van der Waals surface area contributed by atoms with Crippen LogP contribution in [0.2, 0.25) is 0 Å². The van der Waals surface area contributed by atoms with Crippen molar-refractivity contribution in [3.8, 4) is 11.8 Å². The molecule has 2 nitrogen and oxygen atoms in total. The zero-order valence-corrected chi connectivity index (χ0v) is 10.1. The molecule has 3 heteroatoms. The monoisotopic (exact) mass is 224 g/mol. The molecule has 84 valence electrons. The molecule has 0 spiro atoms. The summed E-state index contributed by atoms with van der Waals surface area (Å²) in [6.45, 7) is 5.55. The van der Waals surface area contributed by atoms with Crippen molar-refractivity contribution >= 4 is 11.8 Å². The van der Waals surface area contributed by atoms with E-state index in [1.165, 1.54) is 24.3 Å². The molecule has 0 aliphatic carbocycles. The van der Waals surface area contributed by atoms with Crippen LogP contribution in [0.3, 0.4) is 0 Å². The van der Waals surface area contributed by atoms with Gasteiger partial charge in [0.2, 0.25) is 0 Å². The second kappa shape index (κ2) is 6.42. The molecule has 0 amide bonds. The van der Waals surface area contributed by atoms with Gasteiger partial charge in [-0.05, 0) is 18.6 Å². The largest absolute Gasteiger partial charge is 0.314 e. The molecule has 0 bridgehead atoms. The van der Waals surface area contributed by atoms with Gasteiger partial charge in [-0.1, -0.05) is 11.8 Å². The topological polar surface area (TPSA) is 15.3 Å². The van der Waals surface area contributed by atoms with E-state index in [1.807, 2.05) is 0 Å². The first-order chi connectivity index (χ1) is 7.45. The van der Waals surface area contributed by atoms with Crippen molar-refractivity contribution < 1.29 is 0 Å². The molecule has 0 radical (unpaired) electrons. The third kappa shape index (κ3) is 4.06. The van der Waals surface area contributed by atoms with Crippen LogP contribution in [0.4, 0.5) is 0 Å². The van der Waals surface area contributed by atoms with Gasteiger partial charge in [0.1, 0.15) is 0 Å². The SMILES string of the molecule is C(#CC1CCCSC1)CN1CCNCC1. The zero-order valence-electron chi connectivity index (χ0n) is 9.30. The molecule has 2 fully saturated rings. The van der Waals surface area contributed by atoms with Gasteiger partial charge < -0.3 is 5.32 Å². The third-order valence-electron chi connectivity index (χ3n) is 2.98. The summed E-state index contributed by atoms with van der Waals surface area (Å²) < 4.78 is 0. The summed E-state index contributed by atoms with van der Waals surface area (Å²) >= 11 is 2.06. The van der Waals surface area contributed by atoms with Crippen LogP contribution >= 0.6 is 11.8 Å². The molecule has 0 aromatic heterocycles. The molecule has 2 heterocycles. The van der Waals surface area contributed by atoms with E-state index in [9.17, 15) is 0 Å². The molecule has 0 saturated carbocycles. The van der Waals surface area contributed by atoms with Gasteiger partial charge in [-0.3, -0.25) is 4.90 Å². The van der Waals surface area contributed by atoms with Crippen molar-refractivity contribution in [1.82, 2.24) is 10.2 Å². The predicted molar refractivity (Wildman–Crippen MR) is 67.1 cm³/mol. The summed E-state index contributed by atoms with van der Waals surface area (Å²) in [5.74, 6) is 10.1. The minimum Gasteiger partial charge on any atom is -0.314 e. The van der Waals surface area contributed by atoms with E-state index in [0.717, 1.165) is 32.7 Å². The van der Waals surface area contributed by atoms with Gasteiger partial charge in [-0.15, -0.1) is 0 Å². The number of nitrogens with one attached hydrogen (secondary N) is 1. The first-order valence-corrected chi connectivity index (χ1v) is 7.10. The van der Waals surface area contributed by atoms with Crippen LogP contribution in [0.15, 0.2) is 0 Å². The van der Waals surface area contributed by atoms with Crippen LogP contribution in [0.5, 0.6) is 0 Å². The molecular weight excluding hydrogens is 204 g/mol. The van der Waals surface area contributed by atoms with Gasteiger partial charge in [0.25, 0.3) is 0 Å². The second-order valence-electron chi connectivity index (χ2n) is 4.26. The first-order valence-electron chi connectivity index (χ1n) is 5.94. The van der Waals surface area contributed by atoms with Crippen molar-refractivity contribution in [2.24, 2.45) is 5.92 Å². The minimum atomic E-state index is 0.673. The molecule has 2 rings (SSSR count). The van der Waals surface area contributed by atoms with Crippen LogP contribution < -0.4 is 5.32 Å². The molecule has 1 atom stereocenters. The highest BCUT2D eigenvalue weighted by Gasteiger charge is 2.11. The molecule has 2 aliphatic rings. The maximum absolute atomic E-state index is 3.44. The highest BCUT2D eigenvalue weighted by atomic mass is 32.2. The van der Waals surface area contributed by atoms with Gasteiger partial charge >= 0.3 is 0 Å². The summed E-state index contributed by atoms with van der Waals surface area (Å²) in [5.41, 5.74) is 0. The van der Waals surface area contributed by atoms with Crippen LogP contribution in [0.25, 0.3) is 0 Å². The van der Waals surface area contributed by atoms with Gasteiger partial charge in [0, 0.05) is 37.8 Å². The number of thioether (sulfide) groups is 1. The third-order valence-corrected chi connectivity index (χ3v) is 4.19. The Morgan fingerprint density at radius 3 is 2.93 bits per heavy atom. The van der Waals surface area contributed by atoms with E-state index in [0.29, 0.717) is 5.92 Å². The fourth-order valence-corrected chi connectivity index (χ4v) is 3.10. The standard InChI is InChI=1S/C12H20N2S/c1(3-12-4-2-10-15-11-12)7-14-8-5-13-6-9-14/h12-13H,2,4-11H2. The number of nitrogens with zero attached hydrogens (tertiary/aromatic N) is 1. The van der Waals surface area contributed by atoms with Crippen molar-refractivity contribution in [2.75, 3.05) is 44.2 Å². The van der Waals surface area contributed by atoms with E-state index in [-0.39, 0.29) is 0 Å². The Balaban J connectivity index is 1.68. The van der Waals surface area contributed by atoms with Crippen molar-refractivity contribution in [2.45, 2.75) is 12.8 Å². The normalized spacial score (nSPS) is 28.1. The molecular formula is C12H20N2S. The fourth-order valence-electron chi connectivity index (χ4n) is 2.03. The lowest BCUT2D eigenvalue weighted by atomic mass is 10.1. The van der Waals surface area contributed by atoms with Crippen molar-refractivity contribution in [1.29, 1.82) is 0 Å². The Bertz CT molecular complexity index is 232. The predicted octanol–water partition coefficient (Wildman–Crippen LogP) is 1.04. The van der Waals surface area contributed by atoms with Crippen LogP contribution in [0.1, 0.15) is 12.8 Å². The van der Waals surface area contributed by atoms with Crippen LogP contribution in [-0.2, 0) is 0 Å². The highest BCUT2D eigenvalue weighted by Crippen LogP contribution is 2.21. The molecule has 2 saturated heterocycles. The Labute approximate surface area is 97.2 Å². The number of hydrogen-bond donors (Lipinski definition) is 1. The number of rotatable bonds is 1. The summed E-state index contributed by atoms with van der Waals surface area (Å²) in [6, 6.07) is 0. The summed E-state index contributed by atoms with van der Waals surface area (Å²) in [6.07, 6.45) is 2.68. The van der Waals surface area contributed by atoms with E-state index in [2.05, 4.69) is 33.8 Å². The Kier molecular flexibility index (Phi) is 4.85. The Morgan fingerprint density at radius 2 is 2.20 bits per heavy atom. The van der Waals surface area contributed by atoms with Gasteiger partial charge in [0.05, 0.1) is 6.54 Å². The maximum Gasteiger partial charge on any atom is 0.0602 e. The second-order valence-corrected chi connectivity index (χ2v) is 5.41. The lowest BCUT2D eigenvalue weighted by Crippen LogP contribution is -2.43. The fraction of sp³-hybridized carbons (Fsp3) is 0.833. The molecule has 15 heavy (non-hydrogen) atoms. The lowest BCUT2D eigenvalue weighted by molar-refractivity contribution is 0.268. The van der Waals surface area contributed by atoms with Crippen LogP contribution in [0, 0.1) is 17.8 Å². The first kappa shape index (κ1) is 11.3. The minimum absolute atomic E-state index is 0.673. The summed E-state index contributed by atoms with van der Waals surface area (Å²) in [7, 11) is 0. The molecule has 2 aliphatic heterocycles. The number of hydrogen-bond acceptors (Lipinski definition) is 3. The molecule has 1 N–H and O–H groups in total. The maximum atomic E-state index is 3.44. The van der Waals surface area contributed by atoms with E-state index < -0.39 is 0 Å². The van der Waals surface area contributed by atoms with Gasteiger partial charge in [-0.25, -0.2) is 0 Å². The lowest BCUT2D eigenvalue weighted by Gasteiger charge is -2.25. The summed E-state index contributed by atoms with van der Waals surface area (Å²) in [4.78, 5) is 2.44. The molecule has 0 aromatic rings. The van der Waals surface area contributed by atoms with Gasteiger partial charge in [-0.2, -0.15) is 11.8 Å². The van der Waals surface area contributed by atoms with Gasteiger partial charge in [0.15, 0.2) is 0 Å². The van der Waals surface area contributed by atoms with E-state index in [4.69, 9.17) is 0 Å². The highest BCUT2D eigenvalue weighted by molar-refractivity contribution is 7.99. The van der Waals surface area contributed by atoms with E-state index >= 15 is 0 Å². The smallest absolute Gasteiger partial charge is 0.0602 e. The summed E-state index contributed by atoms with van der Waals surface area (Å²) in [5, 5.41) is 3.36. The number of piperazine rings is 1. The Hall–Kier alpha value is -0.170. The van der Waals surface area contributed by atoms with Crippen LogP contribution in [-0.4, -0.2) is 49.1 Å². The van der Waals surface area contributed by atoms with Crippen molar-refractivity contribution in [3.05, 3.63) is 0 Å². The average Bonchev–Trinajstić information content (AvgIpc) is 2.32. The molecule has 1 unspecified atom stereocenters. The quantitative estimate of drug-likeness (QED) is 0.670. The van der Waals surface area contributed by atoms with E-state index in [1.54, 1.807) is 0 Å². The Morgan fingerprint density at radius 1 is 1.33 bits per heavy atom. The molecule has 0 aromatic carbocycles. The zero-order chi connectivity index (χ0) is 10.3. The average molecular weight is 224 g/mol.